The standard InChI is InChI=1S/C4ClF9O/c5-1(6,7)3(11,12)15-4(13,14)2(8,9)10. The lowest BCUT2D eigenvalue weighted by Crippen LogP contribution is -2.50. The Morgan fingerprint density at radius 3 is 1.20 bits per heavy atom. The van der Waals surface area contributed by atoms with Gasteiger partial charge < -0.3 is 0 Å². The summed E-state index contributed by atoms with van der Waals surface area (Å²) in [5.41, 5.74) is 0. The van der Waals surface area contributed by atoms with Gasteiger partial charge in [0.05, 0.1) is 0 Å². The molecule has 11 heteroatoms. The molecule has 0 aliphatic rings. The summed E-state index contributed by atoms with van der Waals surface area (Å²) in [4.78, 5) is 0. The highest BCUT2D eigenvalue weighted by molar-refractivity contribution is 6.22. The molecule has 0 radical (unpaired) electrons. The Morgan fingerprint density at radius 1 is 0.667 bits per heavy atom. The average Bonchev–Trinajstić information content (AvgIpc) is 1.77. The number of rotatable bonds is 3. The molecule has 1 nitrogen and oxygen atoms in total. The van der Waals surface area contributed by atoms with Crippen molar-refractivity contribution in [2.75, 3.05) is 0 Å². The van der Waals surface area contributed by atoms with E-state index >= 15 is 0 Å². The molecule has 0 rings (SSSR count). The van der Waals surface area contributed by atoms with Crippen LogP contribution >= 0.6 is 11.6 Å². The molecule has 0 atom stereocenters. The number of ether oxygens (including phenoxy) is 1. The van der Waals surface area contributed by atoms with E-state index in [4.69, 9.17) is 0 Å². The van der Waals surface area contributed by atoms with Crippen LogP contribution < -0.4 is 0 Å². The molecule has 0 aliphatic heterocycles. The second-order valence-electron chi connectivity index (χ2n) is 2.13. The number of hydrogen-bond acceptors (Lipinski definition) is 1. The molecule has 0 spiro atoms. The van der Waals surface area contributed by atoms with Gasteiger partial charge in [0.2, 0.25) is 0 Å². The lowest BCUT2D eigenvalue weighted by molar-refractivity contribution is -0.476. The van der Waals surface area contributed by atoms with Gasteiger partial charge in [0.15, 0.2) is 0 Å². The van der Waals surface area contributed by atoms with E-state index in [1.54, 1.807) is 4.74 Å². The molecule has 0 unspecified atom stereocenters. The molecular weight excluding hydrogens is 270 g/mol. The minimum Gasteiger partial charge on any atom is -0.242 e. The fourth-order valence-corrected chi connectivity index (χ4v) is 0.315. The van der Waals surface area contributed by atoms with Crippen LogP contribution in [0.3, 0.4) is 0 Å². The summed E-state index contributed by atoms with van der Waals surface area (Å²) in [6.07, 6.45) is -19.2. The van der Waals surface area contributed by atoms with Crippen molar-refractivity contribution in [3.63, 3.8) is 0 Å². The molecule has 0 aromatic carbocycles. The van der Waals surface area contributed by atoms with Gasteiger partial charge in [-0.25, -0.2) is 4.74 Å². The van der Waals surface area contributed by atoms with E-state index < -0.39 is 23.8 Å². The molecule has 0 aromatic rings. The first-order valence-corrected chi connectivity index (χ1v) is 3.18. The third-order valence-corrected chi connectivity index (χ3v) is 1.14. The van der Waals surface area contributed by atoms with Gasteiger partial charge in [-0.2, -0.15) is 39.5 Å². The summed E-state index contributed by atoms with van der Waals surface area (Å²) in [5, 5.41) is -5.69. The SMILES string of the molecule is FC(F)(F)C(F)(F)OC(F)(F)C(F)(F)Cl. The summed E-state index contributed by atoms with van der Waals surface area (Å²) >= 11 is 3.57. The lowest BCUT2D eigenvalue weighted by Gasteiger charge is -2.26. The van der Waals surface area contributed by atoms with E-state index in [1.165, 1.54) is 0 Å². The normalized spacial score (nSPS) is 15.6. The van der Waals surface area contributed by atoms with Crippen LogP contribution in [0.15, 0.2) is 0 Å². The topological polar surface area (TPSA) is 9.23 Å². The maximum atomic E-state index is 11.9. The quantitative estimate of drug-likeness (QED) is 0.562. The van der Waals surface area contributed by atoms with Gasteiger partial charge in [-0.3, -0.25) is 0 Å². The number of hydrogen-bond donors (Lipinski definition) is 0. The zero-order valence-electron chi connectivity index (χ0n) is 6.19. The first-order valence-electron chi connectivity index (χ1n) is 2.80. The summed E-state index contributed by atoms with van der Waals surface area (Å²) < 4.78 is 106. The number of alkyl halides is 10. The molecule has 0 amide bonds. The second kappa shape index (κ2) is 3.58. The van der Waals surface area contributed by atoms with Crippen LogP contribution in [0, 0.1) is 0 Å². The molecule has 15 heavy (non-hydrogen) atoms. The highest BCUT2D eigenvalue weighted by Gasteiger charge is 2.69. The molecule has 0 aromatic heterocycles. The maximum Gasteiger partial charge on any atom is 0.483 e. The van der Waals surface area contributed by atoms with Gasteiger partial charge in [-0.15, -0.1) is 0 Å². The zero-order chi connectivity index (χ0) is 12.7. The van der Waals surface area contributed by atoms with E-state index in [1.807, 2.05) is 0 Å². The smallest absolute Gasteiger partial charge is 0.242 e. The van der Waals surface area contributed by atoms with Gasteiger partial charge in [0.1, 0.15) is 0 Å². The maximum absolute atomic E-state index is 11.9. The first-order chi connectivity index (χ1) is 6.21. The fourth-order valence-electron chi connectivity index (χ4n) is 0.277. The van der Waals surface area contributed by atoms with E-state index in [2.05, 4.69) is 11.6 Å². The van der Waals surface area contributed by atoms with Crippen LogP contribution in [-0.2, 0) is 4.74 Å². The molecule has 0 saturated carbocycles. The van der Waals surface area contributed by atoms with Crippen LogP contribution in [-0.4, -0.2) is 23.8 Å². The highest BCUT2D eigenvalue weighted by atomic mass is 35.5. The van der Waals surface area contributed by atoms with Crippen LogP contribution in [0.1, 0.15) is 0 Å². The van der Waals surface area contributed by atoms with Crippen molar-refractivity contribution in [2.45, 2.75) is 23.8 Å². The minimum atomic E-state index is -6.56. The van der Waals surface area contributed by atoms with Crippen molar-refractivity contribution in [1.29, 1.82) is 0 Å². The molecule has 0 heterocycles. The molecule has 92 valence electrons. The molecule has 0 fully saturated rings. The van der Waals surface area contributed by atoms with E-state index in [0.29, 0.717) is 0 Å². The van der Waals surface area contributed by atoms with Crippen LogP contribution in [0.25, 0.3) is 0 Å². The van der Waals surface area contributed by atoms with E-state index in [0.717, 1.165) is 0 Å². The van der Waals surface area contributed by atoms with Gasteiger partial charge in [-0.05, 0) is 11.6 Å². The predicted octanol–water partition coefficient (Wildman–Crippen LogP) is 3.58. The summed E-state index contributed by atoms with van der Waals surface area (Å²) in [6, 6.07) is 0. The minimum absolute atomic E-state index is 1.68. The Bertz CT molecular complexity index is 203. The number of halogens is 10. The van der Waals surface area contributed by atoms with Crippen molar-refractivity contribution < 1.29 is 44.3 Å². The Balaban J connectivity index is 4.89. The molecule has 0 aliphatic carbocycles. The van der Waals surface area contributed by atoms with Crippen molar-refractivity contribution in [1.82, 2.24) is 0 Å². The predicted molar refractivity (Wildman–Crippen MR) is 27.8 cm³/mol. The monoisotopic (exact) mass is 270 g/mol. The largest absolute Gasteiger partial charge is 0.483 e. The van der Waals surface area contributed by atoms with Crippen LogP contribution in [0.5, 0.6) is 0 Å². The summed E-state index contributed by atoms with van der Waals surface area (Å²) in [6.45, 7) is 0. The third kappa shape index (κ3) is 3.30. The Hall–Kier alpha value is -0.380. The van der Waals surface area contributed by atoms with Gasteiger partial charge in [-0.1, -0.05) is 0 Å². The fraction of sp³-hybridized carbons (Fsp3) is 1.00. The first kappa shape index (κ1) is 14.6. The van der Waals surface area contributed by atoms with Crippen LogP contribution in [0.2, 0.25) is 0 Å². The van der Waals surface area contributed by atoms with Gasteiger partial charge >= 0.3 is 23.8 Å². The van der Waals surface area contributed by atoms with Crippen molar-refractivity contribution >= 4 is 11.6 Å². The zero-order valence-corrected chi connectivity index (χ0v) is 6.94. The Labute approximate surface area is 80.7 Å². The molecule has 0 bridgehead atoms. The average molecular weight is 270 g/mol. The lowest BCUT2D eigenvalue weighted by atomic mass is 10.5. The summed E-state index contributed by atoms with van der Waals surface area (Å²) in [7, 11) is 0. The second-order valence-corrected chi connectivity index (χ2v) is 2.61. The van der Waals surface area contributed by atoms with Gasteiger partial charge in [0.25, 0.3) is 0 Å². The summed E-state index contributed by atoms with van der Waals surface area (Å²) in [5.74, 6) is 0. The van der Waals surface area contributed by atoms with Crippen molar-refractivity contribution in [2.24, 2.45) is 0 Å². The molecule has 0 saturated heterocycles. The van der Waals surface area contributed by atoms with Gasteiger partial charge in [0, 0.05) is 0 Å². The third-order valence-electron chi connectivity index (χ3n) is 0.916. The van der Waals surface area contributed by atoms with Crippen molar-refractivity contribution in [3.8, 4) is 0 Å². The van der Waals surface area contributed by atoms with Crippen LogP contribution in [0.4, 0.5) is 39.5 Å². The highest BCUT2D eigenvalue weighted by Crippen LogP contribution is 2.46. The Kier molecular flexibility index (Phi) is 3.49. The van der Waals surface area contributed by atoms with E-state index in [9.17, 15) is 39.5 Å². The Morgan fingerprint density at radius 2 is 1.00 bits per heavy atom. The van der Waals surface area contributed by atoms with Crippen molar-refractivity contribution in [3.05, 3.63) is 0 Å². The molecule has 0 N–H and O–H groups in total. The molecular formula is C4ClF9O. The van der Waals surface area contributed by atoms with E-state index in [-0.39, 0.29) is 0 Å².